The van der Waals surface area contributed by atoms with Crippen molar-refractivity contribution in [2.75, 3.05) is 18.5 Å². The highest BCUT2D eigenvalue weighted by Gasteiger charge is 2.13. The van der Waals surface area contributed by atoms with Gasteiger partial charge in [0, 0.05) is 17.5 Å². The first kappa shape index (κ1) is 17.0. The van der Waals surface area contributed by atoms with Gasteiger partial charge in [0.1, 0.15) is 13.2 Å². The van der Waals surface area contributed by atoms with Crippen LogP contribution in [-0.2, 0) is 4.79 Å². The molecule has 0 radical (unpaired) electrons. The second-order valence-corrected chi connectivity index (χ2v) is 6.30. The minimum atomic E-state index is -0.290. The maximum absolute atomic E-state index is 12.1. The highest BCUT2D eigenvalue weighted by Crippen LogP contribution is 2.32. The normalized spacial score (nSPS) is 13.2. The fourth-order valence-electron chi connectivity index (χ4n) is 2.21. The molecule has 0 fully saturated rings. The van der Waals surface area contributed by atoms with Gasteiger partial charge >= 0.3 is 0 Å². The van der Waals surface area contributed by atoms with E-state index in [9.17, 15) is 9.59 Å². The number of carbonyl (C=O) groups excluding carboxylic acids is 2. The third-order valence-corrected chi connectivity index (χ3v) is 4.20. The summed E-state index contributed by atoms with van der Waals surface area (Å²) in [6.07, 6.45) is 0.0686. The van der Waals surface area contributed by atoms with Gasteiger partial charge in [0.05, 0.1) is 11.3 Å². The van der Waals surface area contributed by atoms with E-state index >= 15 is 0 Å². The lowest BCUT2D eigenvalue weighted by atomic mass is 10.2. The summed E-state index contributed by atoms with van der Waals surface area (Å²) in [5.74, 6) is 0.751. The van der Waals surface area contributed by atoms with Crippen LogP contribution in [0.1, 0.15) is 23.0 Å². The van der Waals surface area contributed by atoms with E-state index in [0.717, 1.165) is 0 Å². The molecule has 25 heavy (non-hydrogen) atoms. The first-order valence-electron chi connectivity index (χ1n) is 7.68. The minimum absolute atomic E-state index is 0.0686. The number of carbonyl (C=O) groups is 2. The van der Waals surface area contributed by atoms with Gasteiger partial charge in [0.15, 0.2) is 11.5 Å². The number of nitrogens with zero attached hydrogens (tertiary/aromatic N) is 1. The van der Waals surface area contributed by atoms with E-state index in [1.165, 1.54) is 11.3 Å². The largest absolute Gasteiger partial charge is 0.486 e. The van der Waals surface area contributed by atoms with Crippen LogP contribution < -0.4 is 20.2 Å². The summed E-state index contributed by atoms with van der Waals surface area (Å²) in [4.78, 5) is 24.4. The molecule has 130 valence electrons. The minimum Gasteiger partial charge on any atom is -0.486 e. The Labute approximate surface area is 148 Å². The molecule has 2 aromatic rings. The average Bonchev–Trinajstić information content (AvgIpc) is 3.14. The number of hydrogen-bond acceptors (Lipinski definition) is 6. The van der Waals surface area contributed by atoms with Crippen molar-refractivity contribution in [1.29, 1.82) is 0 Å². The third-order valence-electron chi connectivity index (χ3n) is 3.34. The van der Waals surface area contributed by atoms with Crippen molar-refractivity contribution in [2.45, 2.75) is 13.3 Å². The van der Waals surface area contributed by atoms with Gasteiger partial charge in [-0.05, 0) is 30.5 Å². The molecular weight excluding hydrogens is 342 g/mol. The van der Waals surface area contributed by atoms with Crippen molar-refractivity contribution in [3.05, 3.63) is 40.6 Å². The van der Waals surface area contributed by atoms with Gasteiger partial charge in [-0.25, -0.2) is 5.43 Å². The van der Waals surface area contributed by atoms with Gasteiger partial charge in [-0.2, -0.15) is 5.10 Å². The first-order chi connectivity index (χ1) is 12.1. The van der Waals surface area contributed by atoms with Crippen LogP contribution in [0.4, 0.5) is 5.69 Å². The Morgan fingerprint density at radius 2 is 2.00 bits per heavy atom. The number of ether oxygens (including phenoxy) is 2. The molecule has 0 unspecified atom stereocenters. The molecule has 2 N–H and O–H groups in total. The molecule has 1 aliphatic heterocycles. The van der Waals surface area contributed by atoms with E-state index in [1.807, 2.05) is 5.38 Å². The van der Waals surface area contributed by atoms with Gasteiger partial charge in [0.25, 0.3) is 5.91 Å². The zero-order chi connectivity index (χ0) is 17.6. The molecule has 0 spiro atoms. The molecule has 1 aromatic carbocycles. The lowest BCUT2D eigenvalue weighted by Crippen LogP contribution is -2.21. The fraction of sp³-hybridized carbons (Fsp3) is 0.235. The Morgan fingerprint density at radius 3 is 2.76 bits per heavy atom. The standard InChI is InChI=1S/C17H17N3O4S/c1-11(19-20-17(22)15-3-2-8-25-15)9-16(21)18-12-4-5-13-14(10-12)24-7-6-23-13/h2-5,8,10H,6-7,9H2,1H3,(H,18,21)(H,20,22). The number of thiophene rings is 1. The molecule has 8 heteroatoms. The summed E-state index contributed by atoms with van der Waals surface area (Å²) in [6.45, 7) is 2.68. The molecule has 7 nitrogen and oxygen atoms in total. The van der Waals surface area contributed by atoms with E-state index < -0.39 is 0 Å². The Kier molecular flexibility index (Phi) is 5.30. The van der Waals surface area contributed by atoms with Crippen LogP contribution in [0.15, 0.2) is 40.8 Å². The third kappa shape index (κ3) is 4.57. The molecule has 1 aliphatic rings. The van der Waals surface area contributed by atoms with Crippen molar-refractivity contribution in [2.24, 2.45) is 5.10 Å². The smallest absolute Gasteiger partial charge is 0.281 e. The fourth-order valence-corrected chi connectivity index (χ4v) is 2.82. The summed E-state index contributed by atoms with van der Waals surface area (Å²) < 4.78 is 10.9. The number of amides is 2. The van der Waals surface area contributed by atoms with Crippen molar-refractivity contribution in [3.63, 3.8) is 0 Å². The topological polar surface area (TPSA) is 89.0 Å². The van der Waals surface area contributed by atoms with Crippen molar-refractivity contribution in [3.8, 4) is 11.5 Å². The maximum atomic E-state index is 12.1. The number of nitrogens with one attached hydrogen (secondary N) is 2. The Bertz CT molecular complexity index is 802. The van der Waals surface area contributed by atoms with Crippen molar-refractivity contribution >= 4 is 34.6 Å². The maximum Gasteiger partial charge on any atom is 0.281 e. The van der Waals surface area contributed by atoms with E-state index in [1.54, 1.807) is 37.3 Å². The zero-order valence-corrected chi connectivity index (χ0v) is 14.4. The molecule has 2 amide bonds. The molecular formula is C17H17N3O4S. The van der Waals surface area contributed by atoms with Crippen molar-refractivity contribution in [1.82, 2.24) is 5.43 Å². The van der Waals surface area contributed by atoms with Crippen LogP contribution in [0.2, 0.25) is 0 Å². The quantitative estimate of drug-likeness (QED) is 0.634. The monoisotopic (exact) mass is 359 g/mol. The van der Waals surface area contributed by atoms with E-state index in [-0.39, 0.29) is 18.2 Å². The van der Waals surface area contributed by atoms with Crippen LogP contribution in [0.25, 0.3) is 0 Å². The van der Waals surface area contributed by atoms with Gasteiger partial charge < -0.3 is 14.8 Å². The van der Waals surface area contributed by atoms with E-state index in [0.29, 0.717) is 41.0 Å². The lowest BCUT2D eigenvalue weighted by Gasteiger charge is -2.19. The van der Waals surface area contributed by atoms with E-state index in [4.69, 9.17) is 9.47 Å². The second kappa shape index (κ2) is 7.80. The average molecular weight is 359 g/mol. The Hall–Kier alpha value is -2.87. The molecule has 0 saturated carbocycles. The van der Waals surface area contributed by atoms with Gasteiger partial charge in [-0.1, -0.05) is 6.07 Å². The van der Waals surface area contributed by atoms with Gasteiger partial charge in [0.2, 0.25) is 5.91 Å². The number of anilines is 1. The number of rotatable bonds is 5. The predicted octanol–water partition coefficient (Wildman–Crippen LogP) is 2.65. The van der Waals surface area contributed by atoms with Crippen LogP contribution in [-0.4, -0.2) is 30.7 Å². The Balaban J connectivity index is 1.53. The SMILES string of the molecule is CC(CC(=O)Nc1ccc2c(c1)OCCO2)=NNC(=O)c1cccs1. The lowest BCUT2D eigenvalue weighted by molar-refractivity contribution is -0.115. The number of benzene rings is 1. The summed E-state index contributed by atoms with van der Waals surface area (Å²) in [5, 5.41) is 8.53. The van der Waals surface area contributed by atoms with Crippen LogP contribution in [0, 0.1) is 0 Å². The molecule has 1 aromatic heterocycles. The number of hydrazone groups is 1. The van der Waals surface area contributed by atoms with E-state index in [2.05, 4.69) is 15.8 Å². The van der Waals surface area contributed by atoms with Crippen LogP contribution in [0.3, 0.4) is 0 Å². The first-order valence-corrected chi connectivity index (χ1v) is 8.56. The van der Waals surface area contributed by atoms with Gasteiger partial charge in [-0.15, -0.1) is 11.3 Å². The molecule has 0 atom stereocenters. The Morgan fingerprint density at radius 1 is 1.20 bits per heavy atom. The van der Waals surface area contributed by atoms with Gasteiger partial charge in [-0.3, -0.25) is 9.59 Å². The van der Waals surface area contributed by atoms with Crippen LogP contribution >= 0.6 is 11.3 Å². The van der Waals surface area contributed by atoms with Crippen molar-refractivity contribution < 1.29 is 19.1 Å². The highest BCUT2D eigenvalue weighted by atomic mass is 32.1. The molecule has 2 heterocycles. The summed E-state index contributed by atoms with van der Waals surface area (Å²) in [5.41, 5.74) is 3.55. The number of fused-ring (bicyclic) bond motifs is 1. The number of hydrogen-bond donors (Lipinski definition) is 2. The second-order valence-electron chi connectivity index (χ2n) is 5.35. The summed E-state index contributed by atoms with van der Waals surface area (Å²) in [7, 11) is 0. The summed E-state index contributed by atoms with van der Waals surface area (Å²) >= 11 is 1.33. The zero-order valence-electron chi connectivity index (χ0n) is 13.6. The summed E-state index contributed by atoms with van der Waals surface area (Å²) in [6, 6.07) is 8.72. The molecule has 0 saturated heterocycles. The molecule has 0 bridgehead atoms. The van der Waals surface area contributed by atoms with Crippen LogP contribution in [0.5, 0.6) is 11.5 Å². The predicted molar refractivity (Wildman–Crippen MR) is 95.6 cm³/mol. The molecule has 3 rings (SSSR count). The highest BCUT2D eigenvalue weighted by molar-refractivity contribution is 7.12. The molecule has 0 aliphatic carbocycles.